The quantitative estimate of drug-likeness (QED) is 0.689. The summed E-state index contributed by atoms with van der Waals surface area (Å²) in [6.45, 7) is -0.200. The lowest BCUT2D eigenvalue weighted by molar-refractivity contribution is -0.133. The minimum atomic E-state index is -0.803. The first kappa shape index (κ1) is 20.0. The summed E-state index contributed by atoms with van der Waals surface area (Å²) in [4.78, 5) is 25.4. The number of methoxy groups -OCH3 is 1. The maximum Gasteiger partial charge on any atom is 0.338 e. The Hall–Kier alpha value is -2.31. The van der Waals surface area contributed by atoms with Gasteiger partial charge in [-0.05, 0) is 35.9 Å². The number of rotatable bonds is 6. The molecule has 0 unspecified atom stereocenters. The van der Waals surface area contributed by atoms with Crippen molar-refractivity contribution >= 4 is 35.1 Å². The van der Waals surface area contributed by atoms with E-state index >= 15 is 0 Å². The van der Waals surface area contributed by atoms with Crippen molar-refractivity contribution in [2.75, 3.05) is 20.8 Å². The molecule has 0 aliphatic rings. The van der Waals surface area contributed by atoms with Gasteiger partial charge in [0.05, 0.1) is 22.7 Å². The Labute approximate surface area is 160 Å². The number of esters is 1. The van der Waals surface area contributed by atoms with Crippen LogP contribution in [0.1, 0.15) is 15.9 Å². The molecule has 0 spiro atoms. The molecule has 0 aromatic heterocycles. The maximum atomic E-state index is 13.6. The lowest BCUT2D eigenvalue weighted by Crippen LogP contribution is -2.30. The average molecular weight is 400 g/mol. The predicted molar refractivity (Wildman–Crippen MR) is 96.2 cm³/mol. The number of ether oxygens (including phenoxy) is 2. The SMILES string of the molecule is COc1ccc(C(=O)OCC(=O)N(C)Cc2ccc(Cl)c(Cl)c2)cc1F. The van der Waals surface area contributed by atoms with E-state index in [-0.39, 0.29) is 17.9 Å². The Kier molecular flexibility index (Phi) is 6.83. The van der Waals surface area contributed by atoms with Crippen LogP contribution in [0.4, 0.5) is 4.39 Å². The van der Waals surface area contributed by atoms with Gasteiger partial charge in [-0.2, -0.15) is 0 Å². The second kappa shape index (κ2) is 8.87. The molecule has 5 nitrogen and oxygen atoms in total. The number of nitrogens with zero attached hydrogens (tertiary/aromatic N) is 1. The number of benzene rings is 2. The largest absolute Gasteiger partial charge is 0.494 e. The van der Waals surface area contributed by atoms with E-state index in [0.29, 0.717) is 10.0 Å². The van der Waals surface area contributed by atoms with Crippen LogP contribution in [0.25, 0.3) is 0 Å². The lowest BCUT2D eigenvalue weighted by Gasteiger charge is -2.17. The minimum absolute atomic E-state index is 0.0109. The Morgan fingerprint density at radius 1 is 1.12 bits per heavy atom. The normalized spacial score (nSPS) is 10.3. The highest BCUT2D eigenvalue weighted by Crippen LogP contribution is 2.23. The lowest BCUT2D eigenvalue weighted by atomic mass is 10.2. The number of amides is 1. The second-order valence-electron chi connectivity index (χ2n) is 5.42. The van der Waals surface area contributed by atoms with Gasteiger partial charge in [0.25, 0.3) is 5.91 Å². The van der Waals surface area contributed by atoms with Gasteiger partial charge < -0.3 is 14.4 Å². The first-order valence-electron chi connectivity index (χ1n) is 7.50. The van der Waals surface area contributed by atoms with E-state index in [2.05, 4.69) is 0 Å². The van der Waals surface area contributed by atoms with Gasteiger partial charge in [-0.3, -0.25) is 4.79 Å². The zero-order chi connectivity index (χ0) is 19.3. The van der Waals surface area contributed by atoms with Gasteiger partial charge in [0.15, 0.2) is 18.2 Å². The van der Waals surface area contributed by atoms with Crippen molar-refractivity contribution < 1.29 is 23.5 Å². The molecular weight excluding hydrogens is 384 g/mol. The van der Waals surface area contributed by atoms with Crippen molar-refractivity contribution in [3.05, 3.63) is 63.4 Å². The molecule has 0 saturated heterocycles. The number of carbonyl (C=O) groups is 2. The molecule has 0 aliphatic carbocycles. The third-order valence-corrected chi connectivity index (χ3v) is 4.28. The van der Waals surface area contributed by atoms with Crippen LogP contribution in [0.3, 0.4) is 0 Å². The van der Waals surface area contributed by atoms with E-state index in [1.54, 1.807) is 25.2 Å². The summed E-state index contributed by atoms with van der Waals surface area (Å²) in [5, 5.41) is 0.808. The van der Waals surface area contributed by atoms with E-state index in [0.717, 1.165) is 11.6 Å². The smallest absolute Gasteiger partial charge is 0.338 e. The van der Waals surface area contributed by atoms with E-state index in [1.807, 2.05) is 0 Å². The van der Waals surface area contributed by atoms with E-state index in [1.165, 1.54) is 24.1 Å². The summed E-state index contributed by atoms with van der Waals surface area (Å²) < 4.78 is 23.3. The average Bonchev–Trinajstić information content (AvgIpc) is 2.62. The predicted octanol–water partition coefficient (Wildman–Crippen LogP) is 3.96. The van der Waals surface area contributed by atoms with Crippen molar-refractivity contribution in [3.8, 4) is 5.75 Å². The van der Waals surface area contributed by atoms with Gasteiger partial charge in [0.1, 0.15) is 0 Å². The monoisotopic (exact) mass is 399 g/mol. The summed E-state index contributed by atoms with van der Waals surface area (Å²) in [5.41, 5.74) is 0.766. The van der Waals surface area contributed by atoms with Crippen molar-refractivity contribution in [1.82, 2.24) is 4.90 Å². The fraction of sp³-hybridized carbons (Fsp3) is 0.222. The number of hydrogen-bond acceptors (Lipinski definition) is 4. The van der Waals surface area contributed by atoms with Crippen LogP contribution < -0.4 is 4.74 Å². The molecule has 2 rings (SSSR count). The molecular formula is C18H16Cl2FNO4. The fourth-order valence-electron chi connectivity index (χ4n) is 2.11. The summed E-state index contributed by atoms with van der Waals surface area (Å²) in [6, 6.07) is 8.68. The molecule has 1 amide bonds. The van der Waals surface area contributed by atoms with Crippen molar-refractivity contribution in [2.24, 2.45) is 0 Å². The zero-order valence-corrected chi connectivity index (χ0v) is 15.6. The molecule has 0 fully saturated rings. The Morgan fingerprint density at radius 2 is 1.85 bits per heavy atom. The highest BCUT2D eigenvalue weighted by molar-refractivity contribution is 6.42. The molecule has 26 heavy (non-hydrogen) atoms. The van der Waals surface area contributed by atoms with Gasteiger partial charge in [-0.1, -0.05) is 29.3 Å². The first-order chi connectivity index (χ1) is 12.3. The van der Waals surface area contributed by atoms with E-state index < -0.39 is 24.3 Å². The first-order valence-corrected chi connectivity index (χ1v) is 8.26. The zero-order valence-electron chi connectivity index (χ0n) is 14.1. The Morgan fingerprint density at radius 3 is 2.46 bits per heavy atom. The molecule has 0 heterocycles. The van der Waals surface area contributed by atoms with Crippen LogP contribution in [0.15, 0.2) is 36.4 Å². The summed E-state index contributed by atoms with van der Waals surface area (Å²) in [6.07, 6.45) is 0. The molecule has 0 aliphatic heterocycles. The number of likely N-dealkylation sites (N-methyl/N-ethyl adjacent to an activating group) is 1. The molecule has 2 aromatic rings. The maximum absolute atomic E-state index is 13.6. The number of halogens is 3. The van der Waals surface area contributed by atoms with Gasteiger partial charge in [0.2, 0.25) is 0 Å². The van der Waals surface area contributed by atoms with Gasteiger partial charge in [0, 0.05) is 13.6 Å². The Bertz CT molecular complexity index is 829. The highest BCUT2D eigenvalue weighted by atomic mass is 35.5. The molecule has 0 N–H and O–H groups in total. The topological polar surface area (TPSA) is 55.8 Å². The van der Waals surface area contributed by atoms with E-state index in [9.17, 15) is 14.0 Å². The van der Waals surface area contributed by atoms with Crippen LogP contribution in [0, 0.1) is 5.82 Å². The molecule has 0 radical (unpaired) electrons. The van der Waals surface area contributed by atoms with Crippen LogP contribution in [-0.2, 0) is 16.1 Å². The minimum Gasteiger partial charge on any atom is -0.494 e. The van der Waals surface area contributed by atoms with Crippen LogP contribution >= 0.6 is 23.2 Å². The standard InChI is InChI=1S/C18H16Cl2FNO4/c1-22(9-11-3-5-13(19)14(20)7-11)17(23)10-26-18(24)12-4-6-16(25-2)15(21)8-12/h3-8H,9-10H2,1-2H3. The van der Waals surface area contributed by atoms with Gasteiger partial charge >= 0.3 is 5.97 Å². The van der Waals surface area contributed by atoms with Crippen LogP contribution in [-0.4, -0.2) is 37.5 Å². The van der Waals surface area contributed by atoms with Crippen LogP contribution in [0.2, 0.25) is 10.0 Å². The summed E-state index contributed by atoms with van der Waals surface area (Å²) in [5.74, 6) is -1.90. The molecule has 0 saturated carbocycles. The summed E-state index contributed by atoms with van der Waals surface area (Å²) >= 11 is 11.8. The number of hydrogen-bond donors (Lipinski definition) is 0. The van der Waals surface area contributed by atoms with Crippen molar-refractivity contribution in [3.63, 3.8) is 0 Å². The van der Waals surface area contributed by atoms with Gasteiger partial charge in [-0.15, -0.1) is 0 Å². The number of carbonyl (C=O) groups excluding carboxylic acids is 2. The molecule has 138 valence electrons. The van der Waals surface area contributed by atoms with Crippen molar-refractivity contribution in [2.45, 2.75) is 6.54 Å². The molecule has 2 aromatic carbocycles. The highest BCUT2D eigenvalue weighted by Gasteiger charge is 2.16. The van der Waals surface area contributed by atoms with Crippen molar-refractivity contribution in [1.29, 1.82) is 0 Å². The fourth-order valence-corrected chi connectivity index (χ4v) is 2.43. The van der Waals surface area contributed by atoms with Crippen LogP contribution in [0.5, 0.6) is 5.75 Å². The van der Waals surface area contributed by atoms with E-state index in [4.69, 9.17) is 32.7 Å². The second-order valence-corrected chi connectivity index (χ2v) is 6.24. The third-order valence-electron chi connectivity index (χ3n) is 3.54. The van der Waals surface area contributed by atoms with Gasteiger partial charge in [-0.25, -0.2) is 9.18 Å². The molecule has 0 atom stereocenters. The summed E-state index contributed by atoms with van der Waals surface area (Å²) in [7, 11) is 2.88. The Balaban J connectivity index is 1.91. The molecule has 0 bridgehead atoms. The third kappa shape index (κ3) is 5.09. The molecule has 8 heteroatoms.